The number of alkyl halides is 2. The number of nitrogen functional groups attached to an aromatic ring is 1. The first-order chi connectivity index (χ1) is 9.31. The van der Waals surface area contributed by atoms with Crippen LogP contribution in [-0.2, 0) is 13.6 Å². The molecule has 4 N–H and O–H groups in total. The predicted molar refractivity (Wildman–Crippen MR) is 71.1 cm³/mol. The van der Waals surface area contributed by atoms with Crippen molar-refractivity contribution in [2.45, 2.75) is 32.4 Å². The van der Waals surface area contributed by atoms with E-state index in [4.69, 9.17) is 10.8 Å². The summed E-state index contributed by atoms with van der Waals surface area (Å²) >= 11 is 0. The summed E-state index contributed by atoms with van der Waals surface area (Å²) in [5, 5.41) is 11.4. The summed E-state index contributed by atoms with van der Waals surface area (Å²) in [6.07, 6.45) is -4.25. The van der Waals surface area contributed by atoms with E-state index in [1.807, 2.05) is 6.92 Å². The maximum atomic E-state index is 12.2. The van der Waals surface area contributed by atoms with Crippen molar-refractivity contribution >= 4 is 11.5 Å². The molecular formula is C11H18F2N4O3. The highest BCUT2D eigenvalue weighted by Gasteiger charge is 2.19. The van der Waals surface area contributed by atoms with E-state index >= 15 is 0 Å². The molecular weight excluding hydrogens is 274 g/mol. The van der Waals surface area contributed by atoms with Crippen LogP contribution in [0.15, 0.2) is 9.59 Å². The van der Waals surface area contributed by atoms with Crippen molar-refractivity contribution in [2.75, 3.05) is 17.6 Å². The van der Waals surface area contributed by atoms with Crippen LogP contribution >= 0.6 is 0 Å². The van der Waals surface area contributed by atoms with E-state index in [2.05, 4.69) is 5.32 Å². The van der Waals surface area contributed by atoms with Gasteiger partial charge < -0.3 is 16.2 Å². The summed E-state index contributed by atoms with van der Waals surface area (Å²) in [4.78, 5) is 23.7. The lowest BCUT2D eigenvalue weighted by Gasteiger charge is -2.17. The second-order valence-electron chi connectivity index (χ2n) is 4.34. The summed E-state index contributed by atoms with van der Waals surface area (Å²) < 4.78 is 26.4. The van der Waals surface area contributed by atoms with Crippen molar-refractivity contribution in [3.05, 3.63) is 20.8 Å². The number of rotatable bonds is 6. The first kappa shape index (κ1) is 16.2. The number of aromatic nitrogens is 2. The number of hydrogen-bond donors (Lipinski definition) is 3. The van der Waals surface area contributed by atoms with Gasteiger partial charge in [-0.25, -0.2) is 13.6 Å². The molecule has 1 heterocycles. The Labute approximate surface area is 113 Å². The number of nitrogens with one attached hydrogen (secondary N) is 1. The lowest BCUT2D eigenvalue weighted by atomic mass is 10.3. The van der Waals surface area contributed by atoms with Crippen LogP contribution in [-0.4, -0.2) is 33.3 Å². The zero-order valence-electron chi connectivity index (χ0n) is 11.3. The van der Waals surface area contributed by atoms with Crippen LogP contribution in [0.4, 0.5) is 20.3 Å². The molecule has 1 aromatic heterocycles. The molecule has 0 bridgehead atoms. The molecule has 1 rings (SSSR count). The van der Waals surface area contributed by atoms with Gasteiger partial charge >= 0.3 is 5.69 Å². The second-order valence-corrected chi connectivity index (χ2v) is 4.34. The predicted octanol–water partition coefficient (Wildman–Crippen LogP) is -0.423. The molecule has 0 spiro atoms. The minimum Gasteiger partial charge on any atom is -0.385 e. The molecule has 0 saturated heterocycles. The average molecular weight is 292 g/mol. The van der Waals surface area contributed by atoms with Gasteiger partial charge in [-0.1, -0.05) is 6.92 Å². The molecule has 1 atom stereocenters. The molecule has 0 aliphatic rings. The Morgan fingerprint density at radius 1 is 1.40 bits per heavy atom. The first-order valence-electron chi connectivity index (χ1n) is 6.10. The van der Waals surface area contributed by atoms with Crippen molar-refractivity contribution in [1.82, 2.24) is 9.13 Å². The van der Waals surface area contributed by atoms with Crippen LogP contribution < -0.4 is 22.3 Å². The number of aliphatic hydroxyl groups is 1. The molecule has 1 unspecified atom stereocenters. The zero-order valence-corrected chi connectivity index (χ0v) is 11.3. The van der Waals surface area contributed by atoms with Gasteiger partial charge in [-0.3, -0.25) is 13.9 Å². The number of anilines is 2. The maximum absolute atomic E-state index is 12.2. The topological polar surface area (TPSA) is 102 Å². The maximum Gasteiger partial charge on any atom is 0.332 e. The van der Waals surface area contributed by atoms with Gasteiger partial charge in [-0.15, -0.1) is 0 Å². The van der Waals surface area contributed by atoms with Crippen LogP contribution in [0.5, 0.6) is 0 Å². The summed E-state index contributed by atoms with van der Waals surface area (Å²) in [5.41, 5.74) is 4.26. The van der Waals surface area contributed by atoms with Gasteiger partial charge in [0.2, 0.25) is 0 Å². The van der Waals surface area contributed by atoms with E-state index in [9.17, 15) is 18.4 Å². The van der Waals surface area contributed by atoms with E-state index in [1.165, 1.54) is 11.6 Å². The highest BCUT2D eigenvalue weighted by molar-refractivity contribution is 5.60. The molecule has 0 aromatic carbocycles. The lowest BCUT2D eigenvalue weighted by Crippen LogP contribution is -2.41. The summed E-state index contributed by atoms with van der Waals surface area (Å²) in [6, 6.07) is 0. The molecule has 0 fully saturated rings. The van der Waals surface area contributed by atoms with E-state index in [0.29, 0.717) is 13.0 Å². The molecule has 0 radical (unpaired) electrons. The molecule has 114 valence electrons. The Balaban J connectivity index is 3.19. The normalized spacial score (nSPS) is 12.7. The SMILES string of the molecule is CCCn1c(N)c(NCC(O)C(F)F)c(=O)n(C)c1=O. The summed E-state index contributed by atoms with van der Waals surface area (Å²) in [5.74, 6) is -0.124. The van der Waals surface area contributed by atoms with Crippen LogP contribution in [0.2, 0.25) is 0 Å². The van der Waals surface area contributed by atoms with Gasteiger partial charge in [-0.2, -0.15) is 0 Å². The van der Waals surface area contributed by atoms with Gasteiger partial charge in [-0.05, 0) is 6.42 Å². The fraction of sp³-hybridized carbons (Fsp3) is 0.636. The molecule has 0 amide bonds. The van der Waals surface area contributed by atoms with E-state index < -0.39 is 30.3 Å². The fourth-order valence-corrected chi connectivity index (χ4v) is 1.68. The third-order valence-electron chi connectivity index (χ3n) is 2.81. The van der Waals surface area contributed by atoms with Crippen molar-refractivity contribution in [1.29, 1.82) is 0 Å². The Morgan fingerprint density at radius 3 is 2.50 bits per heavy atom. The third kappa shape index (κ3) is 3.16. The largest absolute Gasteiger partial charge is 0.385 e. The molecule has 0 aliphatic heterocycles. The summed E-state index contributed by atoms with van der Waals surface area (Å²) in [7, 11) is 1.27. The van der Waals surface area contributed by atoms with Crippen LogP contribution in [0, 0.1) is 0 Å². The highest BCUT2D eigenvalue weighted by atomic mass is 19.3. The third-order valence-corrected chi connectivity index (χ3v) is 2.81. The molecule has 9 heteroatoms. The van der Waals surface area contributed by atoms with Crippen molar-refractivity contribution < 1.29 is 13.9 Å². The van der Waals surface area contributed by atoms with Gasteiger partial charge in [0, 0.05) is 20.1 Å². The fourth-order valence-electron chi connectivity index (χ4n) is 1.68. The Kier molecular flexibility index (Phi) is 5.26. The Hall–Kier alpha value is -1.90. The average Bonchev–Trinajstić information content (AvgIpc) is 2.40. The molecule has 1 aromatic rings. The zero-order chi connectivity index (χ0) is 15.4. The highest BCUT2D eigenvalue weighted by Crippen LogP contribution is 2.12. The van der Waals surface area contributed by atoms with Crippen LogP contribution in [0.25, 0.3) is 0 Å². The van der Waals surface area contributed by atoms with Gasteiger partial charge in [0.1, 0.15) is 17.6 Å². The standard InChI is InChI=1S/C11H18F2N4O3/c1-3-4-17-9(14)7(10(19)16(2)11(17)20)15-5-6(18)8(12)13/h6,8,15,18H,3-5,14H2,1-2H3. The van der Waals surface area contributed by atoms with Crippen molar-refractivity contribution in [3.63, 3.8) is 0 Å². The number of aliphatic hydroxyl groups excluding tert-OH is 1. The quantitative estimate of drug-likeness (QED) is 0.661. The molecule has 0 saturated carbocycles. The Bertz CT molecular complexity index is 582. The second kappa shape index (κ2) is 6.51. The summed E-state index contributed by atoms with van der Waals surface area (Å²) in [6.45, 7) is 1.58. The number of halogens is 2. The minimum atomic E-state index is -2.94. The van der Waals surface area contributed by atoms with E-state index in [1.54, 1.807) is 0 Å². The molecule has 7 nitrogen and oxygen atoms in total. The van der Waals surface area contributed by atoms with Crippen molar-refractivity contribution in [3.8, 4) is 0 Å². The van der Waals surface area contributed by atoms with Gasteiger partial charge in [0.05, 0.1) is 0 Å². The molecule has 0 aliphatic carbocycles. The molecule has 20 heavy (non-hydrogen) atoms. The number of nitrogens with two attached hydrogens (primary N) is 1. The van der Waals surface area contributed by atoms with E-state index in [0.717, 1.165) is 4.57 Å². The monoisotopic (exact) mass is 292 g/mol. The number of nitrogens with zero attached hydrogens (tertiary/aromatic N) is 2. The minimum absolute atomic E-state index is 0.124. The number of hydrogen-bond acceptors (Lipinski definition) is 5. The smallest absolute Gasteiger partial charge is 0.332 e. The van der Waals surface area contributed by atoms with Crippen LogP contribution in [0.1, 0.15) is 13.3 Å². The first-order valence-corrected chi connectivity index (χ1v) is 6.10. The van der Waals surface area contributed by atoms with Crippen molar-refractivity contribution in [2.24, 2.45) is 7.05 Å². The van der Waals surface area contributed by atoms with Gasteiger partial charge in [0.25, 0.3) is 12.0 Å². The Morgan fingerprint density at radius 2 is 2.00 bits per heavy atom. The van der Waals surface area contributed by atoms with E-state index in [-0.39, 0.29) is 11.5 Å². The lowest BCUT2D eigenvalue weighted by molar-refractivity contribution is 0.00383. The van der Waals surface area contributed by atoms with Gasteiger partial charge in [0.15, 0.2) is 0 Å². The van der Waals surface area contributed by atoms with Crippen LogP contribution in [0.3, 0.4) is 0 Å².